The number of fused-ring (bicyclic) bond motifs is 1. The second-order valence-corrected chi connectivity index (χ2v) is 7.79. The molecule has 0 N–H and O–H groups in total. The van der Waals surface area contributed by atoms with Gasteiger partial charge in [0.15, 0.2) is 0 Å². The summed E-state index contributed by atoms with van der Waals surface area (Å²) in [4.78, 5) is 42.5. The summed E-state index contributed by atoms with van der Waals surface area (Å²) in [5.41, 5.74) is 1.53. The highest BCUT2D eigenvalue weighted by atomic mass is 32.1. The van der Waals surface area contributed by atoms with Crippen molar-refractivity contribution in [2.45, 2.75) is 40.3 Å². The standard InChI is InChI=1S/C21H22N2O5S/c1-5-27-20(25)15-8-6-7-14(9-15)10-23-11-22-18-16(19(23)24)13(4)17(29-18)21(26)28-12(2)3/h6-9,11-12H,5,10H2,1-4H3. The summed E-state index contributed by atoms with van der Waals surface area (Å²) >= 11 is 1.15. The Hall–Kier alpha value is -3.00. The highest BCUT2D eigenvalue weighted by molar-refractivity contribution is 7.20. The fraction of sp³-hybridized carbons (Fsp3) is 0.333. The van der Waals surface area contributed by atoms with Crippen molar-refractivity contribution in [3.8, 4) is 0 Å². The van der Waals surface area contributed by atoms with Gasteiger partial charge in [-0.3, -0.25) is 9.36 Å². The summed E-state index contributed by atoms with van der Waals surface area (Å²) in [5, 5.41) is 0.412. The maximum Gasteiger partial charge on any atom is 0.348 e. The molecule has 0 fully saturated rings. The maximum atomic E-state index is 13.0. The molecular weight excluding hydrogens is 392 g/mol. The summed E-state index contributed by atoms with van der Waals surface area (Å²) < 4.78 is 11.7. The number of aromatic nitrogens is 2. The molecule has 2 heterocycles. The predicted molar refractivity (Wildman–Crippen MR) is 111 cm³/mol. The number of carbonyl (C=O) groups excluding carboxylic acids is 2. The summed E-state index contributed by atoms with van der Waals surface area (Å²) in [6.07, 6.45) is 1.21. The van der Waals surface area contributed by atoms with Gasteiger partial charge >= 0.3 is 11.9 Å². The van der Waals surface area contributed by atoms with Gasteiger partial charge in [-0.15, -0.1) is 11.3 Å². The van der Waals surface area contributed by atoms with E-state index in [4.69, 9.17) is 9.47 Å². The van der Waals surface area contributed by atoms with Crippen molar-refractivity contribution < 1.29 is 19.1 Å². The van der Waals surface area contributed by atoms with Crippen molar-refractivity contribution >= 4 is 33.5 Å². The minimum atomic E-state index is -0.450. The predicted octanol–water partition coefficient (Wildman–Crippen LogP) is 3.56. The van der Waals surface area contributed by atoms with E-state index in [0.29, 0.717) is 32.8 Å². The van der Waals surface area contributed by atoms with Crippen molar-refractivity contribution in [3.05, 3.63) is 62.5 Å². The molecule has 0 aliphatic carbocycles. The van der Waals surface area contributed by atoms with E-state index in [0.717, 1.165) is 16.9 Å². The minimum absolute atomic E-state index is 0.242. The Bertz CT molecular complexity index is 1130. The highest BCUT2D eigenvalue weighted by Gasteiger charge is 2.21. The molecule has 3 rings (SSSR count). The number of aryl methyl sites for hydroxylation is 1. The van der Waals surface area contributed by atoms with E-state index >= 15 is 0 Å². The fourth-order valence-electron chi connectivity index (χ4n) is 2.94. The lowest BCUT2D eigenvalue weighted by molar-refractivity contribution is 0.0382. The minimum Gasteiger partial charge on any atom is -0.462 e. The molecule has 7 nitrogen and oxygen atoms in total. The Kier molecular flexibility index (Phi) is 6.12. The normalized spacial score (nSPS) is 11.1. The van der Waals surface area contributed by atoms with E-state index in [9.17, 15) is 14.4 Å². The monoisotopic (exact) mass is 414 g/mol. The molecule has 152 valence electrons. The molecule has 3 aromatic rings. The Morgan fingerprint density at radius 2 is 2.00 bits per heavy atom. The molecule has 0 amide bonds. The van der Waals surface area contributed by atoms with Gasteiger partial charge in [0.2, 0.25) is 0 Å². The van der Waals surface area contributed by atoms with Gasteiger partial charge in [-0.1, -0.05) is 12.1 Å². The molecule has 8 heteroatoms. The van der Waals surface area contributed by atoms with Gasteiger partial charge in [0, 0.05) is 0 Å². The zero-order valence-electron chi connectivity index (χ0n) is 16.7. The number of benzene rings is 1. The third-order valence-electron chi connectivity index (χ3n) is 4.24. The lowest BCUT2D eigenvalue weighted by Gasteiger charge is -2.08. The van der Waals surface area contributed by atoms with Gasteiger partial charge in [0.05, 0.1) is 36.5 Å². The van der Waals surface area contributed by atoms with Crippen LogP contribution in [0, 0.1) is 6.92 Å². The van der Waals surface area contributed by atoms with Gasteiger partial charge in [0.25, 0.3) is 5.56 Å². The quantitative estimate of drug-likeness (QED) is 0.573. The zero-order chi connectivity index (χ0) is 21.1. The van der Waals surface area contributed by atoms with Gasteiger partial charge in [-0.05, 0) is 51.0 Å². The smallest absolute Gasteiger partial charge is 0.348 e. The Morgan fingerprint density at radius 3 is 2.69 bits per heavy atom. The highest BCUT2D eigenvalue weighted by Crippen LogP contribution is 2.27. The first-order chi connectivity index (χ1) is 13.8. The van der Waals surface area contributed by atoms with Crippen LogP contribution in [0.5, 0.6) is 0 Å². The molecule has 0 spiro atoms. The lowest BCUT2D eigenvalue weighted by atomic mass is 10.1. The Labute approximate surface area is 171 Å². The molecule has 0 aliphatic heterocycles. The molecular formula is C21H22N2O5S. The second-order valence-electron chi connectivity index (χ2n) is 6.79. The molecule has 2 aromatic heterocycles. The van der Waals surface area contributed by atoms with Crippen molar-refractivity contribution in [1.29, 1.82) is 0 Å². The number of rotatable bonds is 6. The van der Waals surface area contributed by atoms with Crippen LogP contribution in [0.15, 0.2) is 35.4 Å². The van der Waals surface area contributed by atoms with E-state index < -0.39 is 11.9 Å². The van der Waals surface area contributed by atoms with Gasteiger partial charge in [0.1, 0.15) is 9.71 Å². The maximum absolute atomic E-state index is 13.0. The molecule has 0 saturated carbocycles. The van der Waals surface area contributed by atoms with Crippen LogP contribution >= 0.6 is 11.3 Å². The first kappa shape index (κ1) is 20.7. The molecule has 0 unspecified atom stereocenters. The van der Waals surface area contributed by atoms with Gasteiger partial charge in [-0.25, -0.2) is 14.6 Å². The van der Waals surface area contributed by atoms with Crippen molar-refractivity contribution in [1.82, 2.24) is 9.55 Å². The number of nitrogens with zero attached hydrogens (tertiary/aromatic N) is 2. The number of hydrogen-bond acceptors (Lipinski definition) is 7. The van der Waals surface area contributed by atoms with Crippen LogP contribution in [-0.2, 0) is 16.0 Å². The summed E-state index contributed by atoms with van der Waals surface area (Å²) in [6.45, 7) is 7.56. The molecule has 0 radical (unpaired) electrons. The van der Waals surface area contributed by atoms with Crippen LogP contribution in [0.25, 0.3) is 10.2 Å². The summed E-state index contributed by atoms with van der Waals surface area (Å²) in [5.74, 6) is -0.856. The average Bonchev–Trinajstić information content (AvgIpc) is 3.01. The molecule has 1 aromatic carbocycles. The first-order valence-corrected chi connectivity index (χ1v) is 10.1. The van der Waals surface area contributed by atoms with Crippen LogP contribution in [0.2, 0.25) is 0 Å². The number of esters is 2. The van der Waals surface area contributed by atoms with E-state index in [1.165, 1.54) is 10.9 Å². The molecule has 0 aliphatic rings. The molecule has 0 atom stereocenters. The van der Waals surface area contributed by atoms with Crippen molar-refractivity contribution in [2.24, 2.45) is 0 Å². The fourth-order valence-corrected chi connectivity index (χ4v) is 3.96. The van der Waals surface area contributed by atoms with Crippen molar-refractivity contribution in [2.75, 3.05) is 6.61 Å². The SMILES string of the molecule is CCOC(=O)c1cccc(Cn2cnc3sc(C(=O)OC(C)C)c(C)c3c2=O)c1. The van der Waals surface area contributed by atoms with Crippen LogP contribution in [-0.4, -0.2) is 34.2 Å². The van der Waals surface area contributed by atoms with E-state index in [1.807, 2.05) is 6.07 Å². The second kappa shape index (κ2) is 8.57. The van der Waals surface area contributed by atoms with Crippen molar-refractivity contribution in [3.63, 3.8) is 0 Å². The molecule has 29 heavy (non-hydrogen) atoms. The van der Waals surface area contributed by atoms with Crippen LogP contribution in [0.4, 0.5) is 0 Å². The van der Waals surface area contributed by atoms with Crippen LogP contribution < -0.4 is 5.56 Å². The number of hydrogen-bond donors (Lipinski definition) is 0. The Balaban J connectivity index is 1.96. The van der Waals surface area contributed by atoms with Crippen LogP contribution in [0.3, 0.4) is 0 Å². The third kappa shape index (κ3) is 4.37. The van der Waals surface area contributed by atoms with E-state index in [-0.39, 0.29) is 18.2 Å². The molecule has 0 bridgehead atoms. The largest absolute Gasteiger partial charge is 0.462 e. The lowest BCUT2D eigenvalue weighted by Crippen LogP contribution is -2.21. The average molecular weight is 414 g/mol. The number of ether oxygens (including phenoxy) is 2. The van der Waals surface area contributed by atoms with Crippen LogP contribution in [0.1, 0.15) is 51.9 Å². The van der Waals surface area contributed by atoms with Gasteiger partial charge in [-0.2, -0.15) is 0 Å². The topological polar surface area (TPSA) is 87.5 Å². The third-order valence-corrected chi connectivity index (χ3v) is 5.42. The van der Waals surface area contributed by atoms with Gasteiger partial charge < -0.3 is 9.47 Å². The van der Waals surface area contributed by atoms with E-state index in [2.05, 4.69) is 4.98 Å². The number of carbonyl (C=O) groups is 2. The van der Waals surface area contributed by atoms with E-state index in [1.54, 1.807) is 45.9 Å². The first-order valence-electron chi connectivity index (χ1n) is 9.27. The number of thiophene rings is 1. The Morgan fingerprint density at radius 1 is 1.24 bits per heavy atom. The summed E-state index contributed by atoms with van der Waals surface area (Å²) in [6, 6.07) is 6.93. The zero-order valence-corrected chi connectivity index (χ0v) is 17.5. The molecule has 0 saturated heterocycles. The summed E-state index contributed by atoms with van der Waals surface area (Å²) in [7, 11) is 0.